The van der Waals surface area contributed by atoms with Crippen molar-refractivity contribution >= 4 is 27.6 Å². The zero-order valence-electron chi connectivity index (χ0n) is 15.4. The maximum Gasteiger partial charge on any atom is 0.270 e. The van der Waals surface area contributed by atoms with Crippen LogP contribution in [0.4, 0.5) is 0 Å². The van der Waals surface area contributed by atoms with Gasteiger partial charge in [-0.15, -0.1) is 0 Å². The van der Waals surface area contributed by atoms with E-state index in [-0.39, 0.29) is 11.8 Å². The van der Waals surface area contributed by atoms with E-state index in [9.17, 15) is 9.90 Å². The number of aromatic amines is 1. The smallest absolute Gasteiger partial charge is 0.270 e. The number of aromatic nitrogens is 2. The lowest BCUT2D eigenvalue weighted by atomic mass is 9.97. The second kappa shape index (κ2) is 6.77. The van der Waals surface area contributed by atoms with Crippen LogP contribution in [-0.2, 0) is 6.42 Å². The minimum Gasteiger partial charge on any atom is -0.391 e. The van der Waals surface area contributed by atoms with Crippen molar-refractivity contribution < 1.29 is 9.90 Å². The fourth-order valence-corrected chi connectivity index (χ4v) is 4.21. The van der Waals surface area contributed by atoms with Crippen molar-refractivity contribution in [3.63, 3.8) is 0 Å². The van der Waals surface area contributed by atoms with E-state index in [4.69, 9.17) is 0 Å². The van der Waals surface area contributed by atoms with Gasteiger partial charge >= 0.3 is 0 Å². The standard InChI is InChI=1S/C23H21N3O2/c27-22-14-26(13-17(22)11-15-7-9-24-10-8-15)23(28)21-12-19-18-4-2-1-3-16(18)5-6-20(19)25-21/h1-10,12,17,22,25,27H,11,13-14H2/t17-,22-/m1/s1. The van der Waals surface area contributed by atoms with E-state index in [0.717, 1.165) is 33.7 Å². The predicted molar refractivity (Wildman–Crippen MR) is 109 cm³/mol. The molecule has 1 fully saturated rings. The molecule has 5 heteroatoms. The third-order valence-electron chi connectivity index (χ3n) is 5.70. The number of likely N-dealkylation sites (tertiary alicyclic amines) is 1. The van der Waals surface area contributed by atoms with Crippen molar-refractivity contribution in [2.24, 2.45) is 5.92 Å². The second-order valence-corrected chi connectivity index (χ2v) is 7.53. The normalized spacial score (nSPS) is 19.5. The van der Waals surface area contributed by atoms with Gasteiger partial charge in [-0.25, -0.2) is 0 Å². The molecule has 0 unspecified atom stereocenters. The van der Waals surface area contributed by atoms with Gasteiger partial charge in [-0.1, -0.05) is 30.3 Å². The van der Waals surface area contributed by atoms with E-state index in [0.29, 0.717) is 18.8 Å². The molecular formula is C23H21N3O2. The number of amides is 1. The van der Waals surface area contributed by atoms with Gasteiger partial charge < -0.3 is 15.0 Å². The summed E-state index contributed by atoms with van der Waals surface area (Å²) < 4.78 is 0. The molecule has 140 valence electrons. The molecule has 4 aromatic rings. The van der Waals surface area contributed by atoms with Crippen LogP contribution in [-0.4, -0.2) is 45.1 Å². The van der Waals surface area contributed by atoms with E-state index >= 15 is 0 Å². The van der Waals surface area contributed by atoms with E-state index in [1.165, 1.54) is 0 Å². The van der Waals surface area contributed by atoms with Crippen molar-refractivity contribution in [1.29, 1.82) is 0 Å². The van der Waals surface area contributed by atoms with Gasteiger partial charge in [0.25, 0.3) is 5.91 Å². The summed E-state index contributed by atoms with van der Waals surface area (Å²) in [6.07, 6.45) is 3.75. The van der Waals surface area contributed by atoms with Crippen LogP contribution < -0.4 is 0 Å². The Kier molecular flexibility index (Phi) is 4.10. The van der Waals surface area contributed by atoms with Crippen molar-refractivity contribution in [1.82, 2.24) is 14.9 Å². The largest absolute Gasteiger partial charge is 0.391 e. The first-order chi connectivity index (χ1) is 13.7. The SMILES string of the molecule is O=C(c1cc2c(ccc3ccccc32)[nH]1)N1C[C@@H](Cc2ccncc2)[C@H](O)C1. The highest BCUT2D eigenvalue weighted by Crippen LogP contribution is 2.28. The molecule has 0 radical (unpaired) electrons. The monoisotopic (exact) mass is 371 g/mol. The predicted octanol–water partition coefficient (Wildman–Crippen LogP) is 3.39. The van der Waals surface area contributed by atoms with Crippen LogP contribution in [0.15, 0.2) is 67.0 Å². The first kappa shape index (κ1) is 17.0. The van der Waals surface area contributed by atoms with Crippen LogP contribution in [0, 0.1) is 5.92 Å². The lowest BCUT2D eigenvalue weighted by Gasteiger charge is -2.15. The van der Waals surface area contributed by atoms with Gasteiger partial charge in [0.15, 0.2) is 0 Å². The van der Waals surface area contributed by atoms with Crippen LogP contribution >= 0.6 is 0 Å². The molecule has 2 N–H and O–H groups in total. The number of carbonyl (C=O) groups excluding carboxylic acids is 1. The third-order valence-corrected chi connectivity index (χ3v) is 5.70. The summed E-state index contributed by atoms with van der Waals surface area (Å²) >= 11 is 0. The van der Waals surface area contributed by atoms with Crippen LogP contribution in [0.1, 0.15) is 16.1 Å². The van der Waals surface area contributed by atoms with Crippen LogP contribution in [0.5, 0.6) is 0 Å². The highest BCUT2D eigenvalue weighted by atomic mass is 16.3. The molecule has 1 aliphatic heterocycles. The van der Waals surface area contributed by atoms with Crippen LogP contribution in [0.2, 0.25) is 0 Å². The van der Waals surface area contributed by atoms with Crippen LogP contribution in [0.3, 0.4) is 0 Å². The summed E-state index contributed by atoms with van der Waals surface area (Å²) in [7, 11) is 0. The number of fused-ring (bicyclic) bond motifs is 3. The van der Waals surface area contributed by atoms with Crippen molar-refractivity contribution in [2.75, 3.05) is 13.1 Å². The molecule has 1 saturated heterocycles. The zero-order chi connectivity index (χ0) is 19.1. The quantitative estimate of drug-likeness (QED) is 0.580. The van der Waals surface area contributed by atoms with Gasteiger partial charge in [-0.2, -0.15) is 0 Å². The molecule has 0 bridgehead atoms. The molecule has 2 aromatic carbocycles. The van der Waals surface area contributed by atoms with Gasteiger partial charge in [-0.05, 0) is 47.0 Å². The Hall–Kier alpha value is -3.18. The summed E-state index contributed by atoms with van der Waals surface area (Å²) in [5.41, 5.74) is 2.66. The molecule has 1 aliphatic rings. The molecule has 0 spiro atoms. The maximum absolute atomic E-state index is 13.1. The topological polar surface area (TPSA) is 69.2 Å². The number of β-amino-alcohol motifs (C(OH)–C–C–N with tert-alkyl or cyclic N) is 1. The Morgan fingerprint density at radius 1 is 1.07 bits per heavy atom. The first-order valence-electron chi connectivity index (χ1n) is 9.56. The van der Waals surface area contributed by atoms with Crippen molar-refractivity contribution in [3.8, 4) is 0 Å². The number of hydrogen-bond acceptors (Lipinski definition) is 3. The number of hydrogen-bond donors (Lipinski definition) is 2. The Morgan fingerprint density at radius 3 is 2.75 bits per heavy atom. The maximum atomic E-state index is 13.1. The number of pyridine rings is 1. The highest BCUT2D eigenvalue weighted by molar-refractivity contribution is 6.09. The number of H-pyrrole nitrogens is 1. The molecule has 2 aromatic heterocycles. The van der Waals surface area contributed by atoms with Crippen molar-refractivity contribution in [2.45, 2.75) is 12.5 Å². The fourth-order valence-electron chi connectivity index (χ4n) is 4.21. The molecule has 5 rings (SSSR count). The first-order valence-corrected chi connectivity index (χ1v) is 9.56. The fraction of sp³-hybridized carbons (Fsp3) is 0.217. The molecule has 2 atom stereocenters. The zero-order valence-corrected chi connectivity index (χ0v) is 15.4. The number of rotatable bonds is 3. The number of aliphatic hydroxyl groups is 1. The summed E-state index contributed by atoms with van der Waals surface area (Å²) in [6, 6.07) is 18.1. The Morgan fingerprint density at radius 2 is 1.89 bits per heavy atom. The number of benzene rings is 2. The number of nitrogens with zero attached hydrogens (tertiary/aromatic N) is 2. The van der Waals surface area contributed by atoms with Crippen molar-refractivity contribution in [3.05, 3.63) is 78.2 Å². The molecule has 0 saturated carbocycles. The lowest BCUT2D eigenvalue weighted by molar-refractivity contribution is 0.0760. The average molecular weight is 371 g/mol. The molecule has 0 aliphatic carbocycles. The summed E-state index contributed by atoms with van der Waals surface area (Å²) in [5.74, 6) is -0.0203. The molecule has 28 heavy (non-hydrogen) atoms. The second-order valence-electron chi connectivity index (χ2n) is 7.53. The van der Waals surface area contributed by atoms with Gasteiger partial charge in [-0.3, -0.25) is 9.78 Å². The number of carbonyl (C=O) groups is 1. The lowest BCUT2D eigenvalue weighted by Crippen LogP contribution is -2.29. The number of aliphatic hydroxyl groups excluding tert-OH is 1. The average Bonchev–Trinajstić information content (AvgIpc) is 3.32. The third kappa shape index (κ3) is 2.94. The Labute approximate surface area is 162 Å². The Balaban J connectivity index is 1.40. The summed E-state index contributed by atoms with van der Waals surface area (Å²) in [5, 5.41) is 13.8. The highest BCUT2D eigenvalue weighted by Gasteiger charge is 2.34. The van der Waals surface area contributed by atoms with Crippen LogP contribution in [0.25, 0.3) is 21.7 Å². The van der Waals surface area contributed by atoms with E-state index in [1.54, 1.807) is 17.3 Å². The van der Waals surface area contributed by atoms with Gasteiger partial charge in [0.05, 0.1) is 6.10 Å². The molecule has 3 heterocycles. The number of nitrogens with one attached hydrogen (secondary N) is 1. The minimum atomic E-state index is -0.512. The Bertz CT molecular complexity index is 1150. The van der Waals surface area contributed by atoms with E-state index in [1.807, 2.05) is 36.4 Å². The minimum absolute atomic E-state index is 0.0385. The molecule has 5 nitrogen and oxygen atoms in total. The van der Waals surface area contributed by atoms with Gasteiger partial charge in [0, 0.05) is 42.3 Å². The van der Waals surface area contributed by atoms with E-state index in [2.05, 4.69) is 28.2 Å². The summed E-state index contributed by atoms with van der Waals surface area (Å²) in [6.45, 7) is 0.920. The van der Waals surface area contributed by atoms with Gasteiger partial charge in [0.2, 0.25) is 0 Å². The van der Waals surface area contributed by atoms with E-state index < -0.39 is 6.10 Å². The molecular weight excluding hydrogens is 350 g/mol. The van der Waals surface area contributed by atoms with Gasteiger partial charge in [0.1, 0.15) is 5.69 Å². The molecule has 1 amide bonds. The summed E-state index contributed by atoms with van der Waals surface area (Å²) in [4.78, 5) is 22.1.